The fourth-order valence-corrected chi connectivity index (χ4v) is 2.96. The first kappa shape index (κ1) is 16.0. The standard InChI is InChI=1S/C17H27N3O/c1-18-17(21)16-13-19(2)11-12-20(14-16)10-6-9-15-7-4-3-5-8-15/h3-5,7-8,16H,6,9-14H2,1-2H3,(H,18,21). The van der Waals surface area contributed by atoms with Gasteiger partial charge in [0.05, 0.1) is 5.92 Å². The van der Waals surface area contributed by atoms with Crippen LogP contribution in [-0.2, 0) is 11.2 Å². The van der Waals surface area contributed by atoms with Crippen molar-refractivity contribution < 1.29 is 4.79 Å². The topological polar surface area (TPSA) is 35.6 Å². The number of carbonyl (C=O) groups excluding carboxylic acids is 1. The maximum atomic E-state index is 11.9. The minimum absolute atomic E-state index is 0.0826. The number of likely N-dealkylation sites (N-methyl/N-ethyl adjacent to an activating group) is 1. The number of nitrogens with zero attached hydrogens (tertiary/aromatic N) is 2. The van der Waals surface area contributed by atoms with Gasteiger partial charge in [-0.15, -0.1) is 0 Å². The third kappa shape index (κ3) is 5.14. The van der Waals surface area contributed by atoms with Crippen molar-refractivity contribution >= 4 is 5.91 Å². The molecule has 1 amide bonds. The second-order valence-corrected chi connectivity index (χ2v) is 5.96. The van der Waals surface area contributed by atoms with Crippen molar-refractivity contribution in [2.45, 2.75) is 12.8 Å². The van der Waals surface area contributed by atoms with Crippen molar-refractivity contribution in [3.8, 4) is 0 Å². The highest BCUT2D eigenvalue weighted by Crippen LogP contribution is 2.10. The molecule has 1 atom stereocenters. The van der Waals surface area contributed by atoms with E-state index < -0.39 is 0 Å². The van der Waals surface area contributed by atoms with Crippen LogP contribution in [-0.4, -0.2) is 62.5 Å². The molecule has 116 valence electrons. The van der Waals surface area contributed by atoms with Crippen LogP contribution in [0.15, 0.2) is 30.3 Å². The number of nitrogens with one attached hydrogen (secondary N) is 1. The second-order valence-electron chi connectivity index (χ2n) is 5.96. The molecule has 0 spiro atoms. The van der Waals surface area contributed by atoms with Crippen molar-refractivity contribution in [3.63, 3.8) is 0 Å². The van der Waals surface area contributed by atoms with Crippen LogP contribution < -0.4 is 5.32 Å². The van der Waals surface area contributed by atoms with E-state index in [1.807, 2.05) is 0 Å². The summed E-state index contributed by atoms with van der Waals surface area (Å²) < 4.78 is 0. The zero-order valence-corrected chi connectivity index (χ0v) is 13.2. The summed E-state index contributed by atoms with van der Waals surface area (Å²) in [4.78, 5) is 16.6. The highest BCUT2D eigenvalue weighted by atomic mass is 16.1. The molecular formula is C17H27N3O. The molecule has 1 aliphatic rings. The molecule has 1 heterocycles. The first-order chi connectivity index (χ1) is 10.2. The lowest BCUT2D eigenvalue weighted by atomic mass is 10.1. The number of hydrogen-bond acceptors (Lipinski definition) is 3. The maximum Gasteiger partial charge on any atom is 0.225 e. The van der Waals surface area contributed by atoms with Gasteiger partial charge in [0.1, 0.15) is 0 Å². The Morgan fingerprint density at radius 3 is 2.71 bits per heavy atom. The number of aryl methyl sites for hydroxylation is 1. The summed E-state index contributed by atoms with van der Waals surface area (Å²) in [6.45, 7) is 4.89. The summed E-state index contributed by atoms with van der Waals surface area (Å²) in [6.07, 6.45) is 2.26. The van der Waals surface area contributed by atoms with E-state index in [1.54, 1.807) is 7.05 Å². The first-order valence-electron chi connectivity index (χ1n) is 7.85. The molecule has 0 aliphatic carbocycles. The van der Waals surface area contributed by atoms with Gasteiger partial charge in [-0.1, -0.05) is 30.3 Å². The van der Waals surface area contributed by atoms with E-state index in [0.29, 0.717) is 0 Å². The lowest BCUT2D eigenvalue weighted by Crippen LogP contribution is -2.39. The van der Waals surface area contributed by atoms with Gasteiger partial charge < -0.3 is 15.1 Å². The summed E-state index contributed by atoms with van der Waals surface area (Å²) in [5, 5.41) is 2.79. The number of benzene rings is 1. The summed E-state index contributed by atoms with van der Waals surface area (Å²) in [5.41, 5.74) is 1.40. The van der Waals surface area contributed by atoms with Crippen molar-refractivity contribution in [2.24, 2.45) is 5.92 Å². The molecule has 4 nitrogen and oxygen atoms in total. The smallest absolute Gasteiger partial charge is 0.225 e. The molecule has 1 fully saturated rings. The fourth-order valence-electron chi connectivity index (χ4n) is 2.96. The highest BCUT2D eigenvalue weighted by Gasteiger charge is 2.25. The quantitative estimate of drug-likeness (QED) is 0.885. The third-order valence-corrected chi connectivity index (χ3v) is 4.21. The van der Waals surface area contributed by atoms with Gasteiger partial charge in [-0.25, -0.2) is 0 Å². The minimum Gasteiger partial charge on any atom is -0.359 e. The number of rotatable bonds is 5. The van der Waals surface area contributed by atoms with Crippen molar-refractivity contribution in [1.82, 2.24) is 15.1 Å². The van der Waals surface area contributed by atoms with Gasteiger partial charge in [-0.05, 0) is 32.0 Å². The largest absolute Gasteiger partial charge is 0.359 e. The van der Waals surface area contributed by atoms with Crippen LogP contribution in [0.3, 0.4) is 0 Å². The van der Waals surface area contributed by atoms with Crippen LogP contribution in [0.25, 0.3) is 0 Å². The minimum atomic E-state index is 0.0826. The van der Waals surface area contributed by atoms with Crippen LogP contribution in [0.1, 0.15) is 12.0 Å². The maximum absolute atomic E-state index is 11.9. The molecule has 21 heavy (non-hydrogen) atoms. The van der Waals surface area contributed by atoms with Gasteiger partial charge in [-0.2, -0.15) is 0 Å². The van der Waals surface area contributed by atoms with E-state index >= 15 is 0 Å². The van der Waals surface area contributed by atoms with Gasteiger partial charge in [0.25, 0.3) is 0 Å². The Balaban J connectivity index is 1.82. The first-order valence-corrected chi connectivity index (χ1v) is 7.85. The van der Waals surface area contributed by atoms with E-state index in [2.05, 4.69) is 52.5 Å². The van der Waals surface area contributed by atoms with Crippen LogP contribution >= 0.6 is 0 Å². The Bertz CT molecular complexity index is 435. The molecule has 1 aliphatic heterocycles. The Morgan fingerprint density at radius 1 is 1.24 bits per heavy atom. The van der Waals surface area contributed by atoms with Crippen molar-refractivity contribution in [2.75, 3.05) is 46.8 Å². The Kier molecular flexibility index (Phi) is 6.21. The molecule has 2 rings (SSSR count). The van der Waals surface area contributed by atoms with Gasteiger partial charge in [0, 0.05) is 33.2 Å². The molecule has 1 saturated heterocycles. The molecule has 1 unspecified atom stereocenters. The summed E-state index contributed by atoms with van der Waals surface area (Å²) in [7, 11) is 3.83. The predicted molar refractivity (Wildman–Crippen MR) is 86.3 cm³/mol. The van der Waals surface area contributed by atoms with Gasteiger partial charge in [-0.3, -0.25) is 4.79 Å². The molecule has 0 saturated carbocycles. The van der Waals surface area contributed by atoms with Crippen molar-refractivity contribution in [3.05, 3.63) is 35.9 Å². The third-order valence-electron chi connectivity index (χ3n) is 4.21. The zero-order chi connectivity index (χ0) is 15.1. The molecule has 0 aromatic heterocycles. The molecule has 0 bridgehead atoms. The summed E-state index contributed by atoms with van der Waals surface area (Å²) in [5.74, 6) is 0.246. The van der Waals surface area contributed by atoms with Crippen LogP contribution in [0.5, 0.6) is 0 Å². The average Bonchev–Trinajstić information content (AvgIpc) is 2.69. The fraction of sp³-hybridized carbons (Fsp3) is 0.588. The second kappa shape index (κ2) is 8.15. The molecule has 1 aromatic rings. The van der Waals surface area contributed by atoms with E-state index in [9.17, 15) is 4.79 Å². The Labute approximate surface area is 128 Å². The van der Waals surface area contributed by atoms with E-state index in [1.165, 1.54) is 5.56 Å². The Morgan fingerprint density at radius 2 is 2.00 bits per heavy atom. The van der Waals surface area contributed by atoms with Gasteiger partial charge in [0.15, 0.2) is 0 Å². The average molecular weight is 289 g/mol. The van der Waals surface area contributed by atoms with Gasteiger partial charge in [0.2, 0.25) is 5.91 Å². The van der Waals surface area contributed by atoms with Gasteiger partial charge >= 0.3 is 0 Å². The van der Waals surface area contributed by atoms with Crippen LogP contribution in [0.4, 0.5) is 0 Å². The molecule has 0 radical (unpaired) electrons. The summed E-state index contributed by atoms with van der Waals surface area (Å²) in [6, 6.07) is 10.6. The zero-order valence-electron chi connectivity index (χ0n) is 13.2. The number of amides is 1. The van der Waals surface area contributed by atoms with E-state index in [4.69, 9.17) is 0 Å². The summed E-state index contributed by atoms with van der Waals surface area (Å²) >= 11 is 0. The molecule has 4 heteroatoms. The molecule has 1 aromatic carbocycles. The van der Waals surface area contributed by atoms with Crippen LogP contribution in [0, 0.1) is 5.92 Å². The molecule has 1 N–H and O–H groups in total. The van der Waals surface area contributed by atoms with Crippen LogP contribution in [0.2, 0.25) is 0 Å². The predicted octanol–water partition coefficient (Wildman–Crippen LogP) is 1.23. The Hall–Kier alpha value is -1.39. The van der Waals surface area contributed by atoms with Crippen molar-refractivity contribution in [1.29, 1.82) is 0 Å². The van der Waals surface area contributed by atoms with E-state index in [0.717, 1.165) is 45.6 Å². The normalized spacial score (nSPS) is 21.0. The lowest BCUT2D eigenvalue weighted by Gasteiger charge is -2.22. The molecular weight excluding hydrogens is 262 g/mol. The monoisotopic (exact) mass is 289 g/mol. The SMILES string of the molecule is CNC(=O)C1CN(C)CCN(CCCc2ccccc2)C1. The number of hydrogen-bond donors (Lipinski definition) is 1. The lowest BCUT2D eigenvalue weighted by molar-refractivity contribution is -0.125. The number of carbonyl (C=O) groups is 1. The van der Waals surface area contributed by atoms with E-state index in [-0.39, 0.29) is 11.8 Å². The highest BCUT2D eigenvalue weighted by molar-refractivity contribution is 5.78.